The van der Waals surface area contributed by atoms with Gasteiger partial charge >= 0.3 is 11.9 Å². The zero-order valence-electron chi connectivity index (χ0n) is 27.4. The number of carbonyl (C=O) groups is 3. The van der Waals surface area contributed by atoms with Crippen LogP contribution in [0, 0.1) is 56.2 Å². The summed E-state index contributed by atoms with van der Waals surface area (Å²) in [5, 5.41) is 10.1. The van der Waals surface area contributed by atoms with Crippen molar-refractivity contribution in [2.24, 2.45) is 56.2 Å². The van der Waals surface area contributed by atoms with Crippen LogP contribution in [0.15, 0.2) is 42.0 Å². The first-order valence-corrected chi connectivity index (χ1v) is 16.7. The van der Waals surface area contributed by atoms with Crippen molar-refractivity contribution < 1.29 is 24.2 Å². The van der Waals surface area contributed by atoms with Crippen LogP contribution in [-0.2, 0) is 25.7 Å². The molecular weight excluding hydrogens is 536 g/mol. The second-order valence-corrected chi connectivity index (χ2v) is 17.1. The van der Waals surface area contributed by atoms with E-state index < -0.39 is 11.4 Å². The maximum absolute atomic E-state index is 14.6. The largest absolute Gasteiger partial charge is 0.481 e. The molecule has 1 aromatic rings. The average molecular weight is 589 g/mol. The molecule has 1 N–H and O–H groups in total. The summed E-state index contributed by atoms with van der Waals surface area (Å²) in [6.45, 7) is 16.2. The summed E-state index contributed by atoms with van der Waals surface area (Å²) in [4.78, 5) is 40.5. The fraction of sp³-hybridized carbons (Fsp3) is 0.711. The molecule has 4 saturated carbocycles. The van der Waals surface area contributed by atoms with Crippen molar-refractivity contribution in [3.8, 4) is 0 Å². The van der Waals surface area contributed by atoms with E-state index in [-0.39, 0.29) is 69.1 Å². The SMILES string of the molecule is CC1(C)[C@@H](C(=O)O)CC[C@]2(C)[C@H]3C(=O)C=C4C5C[C@@](C)(C(=O)OCc6ccccc6)CC[C@]5(C)CC[C@@]4(C)[C@]3(C)CC[C@@H]12. The fourth-order valence-electron chi connectivity index (χ4n) is 11.7. The van der Waals surface area contributed by atoms with Gasteiger partial charge in [-0.1, -0.05) is 77.4 Å². The Balaban J connectivity index is 1.33. The molecule has 5 heteroatoms. The van der Waals surface area contributed by atoms with Gasteiger partial charge < -0.3 is 9.84 Å². The molecule has 0 spiro atoms. The number of rotatable bonds is 4. The van der Waals surface area contributed by atoms with Gasteiger partial charge in [0.25, 0.3) is 0 Å². The van der Waals surface area contributed by atoms with E-state index in [4.69, 9.17) is 4.74 Å². The minimum absolute atomic E-state index is 0.0662. The third-order valence-electron chi connectivity index (χ3n) is 14.6. The Morgan fingerprint density at radius 2 is 1.56 bits per heavy atom. The van der Waals surface area contributed by atoms with Gasteiger partial charge in [-0.3, -0.25) is 14.4 Å². The van der Waals surface area contributed by atoms with Crippen LogP contribution in [0.4, 0.5) is 0 Å². The van der Waals surface area contributed by atoms with Gasteiger partial charge in [0.15, 0.2) is 5.78 Å². The summed E-state index contributed by atoms with van der Waals surface area (Å²) in [6.07, 6.45) is 10.0. The molecule has 0 amide bonds. The molecule has 0 aromatic heterocycles. The second-order valence-electron chi connectivity index (χ2n) is 17.1. The van der Waals surface area contributed by atoms with Crippen LogP contribution in [0.2, 0.25) is 0 Å². The Morgan fingerprint density at radius 3 is 2.23 bits per heavy atom. The van der Waals surface area contributed by atoms with Crippen molar-refractivity contribution >= 4 is 17.7 Å². The van der Waals surface area contributed by atoms with Crippen molar-refractivity contribution in [3.05, 3.63) is 47.5 Å². The predicted octanol–water partition coefficient (Wildman–Crippen LogP) is 8.41. The van der Waals surface area contributed by atoms with Gasteiger partial charge in [0, 0.05) is 5.92 Å². The smallest absolute Gasteiger partial charge is 0.312 e. The number of ether oxygens (including phenoxy) is 1. The number of carboxylic acid groups (broad SMARTS) is 1. The van der Waals surface area contributed by atoms with Gasteiger partial charge in [0.2, 0.25) is 0 Å². The Kier molecular flexibility index (Phi) is 6.96. The molecule has 9 atom stereocenters. The number of ketones is 1. The second kappa shape index (κ2) is 9.78. The molecule has 1 aromatic carbocycles. The molecule has 0 heterocycles. The van der Waals surface area contributed by atoms with E-state index in [0.29, 0.717) is 6.42 Å². The number of hydrogen-bond acceptors (Lipinski definition) is 4. The molecule has 0 aliphatic heterocycles. The number of benzene rings is 1. The van der Waals surface area contributed by atoms with E-state index in [1.165, 1.54) is 5.57 Å². The van der Waals surface area contributed by atoms with Gasteiger partial charge in [0.1, 0.15) is 6.61 Å². The zero-order valence-corrected chi connectivity index (χ0v) is 27.4. The Labute approximate surface area is 258 Å². The molecule has 0 saturated heterocycles. The van der Waals surface area contributed by atoms with E-state index in [9.17, 15) is 19.5 Å². The number of carboxylic acids is 1. The standard InChI is InChI=1S/C38H52O5/c1-33(2)25(31(40)41)13-15-36(5)29(33)14-16-38(7)30(36)28(39)21-26-27-22-35(4,18-17-34(27,3)19-20-37(26,38)6)32(42)43-23-24-11-9-8-10-12-24/h8-12,21,25,27,29-30H,13-20,22-23H2,1-7H3,(H,40,41)/t25-,27?,29+,30-,34-,35+,36+,37-,38-/m1/s1. The van der Waals surface area contributed by atoms with E-state index >= 15 is 0 Å². The van der Waals surface area contributed by atoms with E-state index in [1.807, 2.05) is 36.4 Å². The number of allylic oxidation sites excluding steroid dienone is 2. The number of esters is 1. The Bertz CT molecular complexity index is 1360. The molecule has 234 valence electrons. The van der Waals surface area contributed by atoms with Crippen LogP contribution in [-0.4, -0.2) is 22.8 Å². The highest BCUT2D eigenvalue weighted by atomic mass is 16.5. The summed E-state index contributed by atoms with van der Waals surface area (Å²) < 4.78 is 5.92. The first-order chi connectivity index (χ1) is 20.0. The quantitative estimate of drug-likeness (QED) is 0.357. The van der Waals surface area contributed by atoms with Crippen molar-refractivity contribution in [1.29, 1.82) is 0 Å². The minimum atomic E-state index is -0.696. The normalized spacial score (nSPS) is 45.0. The van der Waals surface area contributed by atoms with Gasteiger partial charge in [0.05, 0.1) is 11.3 Å². The van der Waals surface area contributed by atoms with Crippen LogP contribution < -0.4 is 0 Å². The molecular formula is C38H52O5. The number of aliphatic carboxylic acids is 1. The molecule has 6 rings (SSSR count). The van der Waals surface area contributed by atoms with Crippen molar-refractivity contribution in [3.63, 3.8) is 0 Å². The lowest BCUT2D eigenvalue weighted by Crippen LogP contribution is -2.66. The van der Waals surface area contributed by atoms with Crippen LogP contribution in [0.3, 0.4) is 0 Å². The number of carbonyl (C=O) groups excluding carboxylic acids is 2. The van der Waals surface area contributed by atoms with E-state index in [1.54, 1.807) is 0 Å². The predicted molar refractivity (Wildman–Crippen MR) is 167 cm³/mol. The van der Waals surface area contributed by atoms with Crippen molar-refractivity contribution in [2.45, 2.75) is 113 Å². The summed E-state index contributed by atoms with van der Waals surface area (Å²) in [5.41, 5.74) is 0.841. The molecule has 1 unspecified atom stereocenters. The third kappa shape index (κ3) is 4.26. The molecule has 0 radical (unpaired) electrons. The lowest BCUT2D eigenvalue weighted by molar-refractivity contribution is -0.198. The average Bonchev–Trinajstić information content (AvgIpc) is 2.93. The third-order valence-corrected chi connectivity index (χ3v) is 14.6. The fourth-order valence-corrected chi connectivity index (χ4v) is 11.7. The summed E-state index contributed by atoms with van der Waals surface area (Å²) >= 11 is 0. The van der Waals surface area contributed by atoms with E-state index in [0.717, 1.165) is 56.9 Å². The summed E-state index contributed by atoms with van der Waals surface area (Å²) in [5.74, 6) is -0.692. The van der Waals surface area contributed by atoms with Gasteiger partial charge in [-0.15, -0.1) is 0 Å². The van der Waals surface area contributed by atoms with Crippen LogP contribution in [0.25, 0.3) is 0 Å². The lowest BCUT2D eigenvalue weighted by atomic mass is 9.33. The van der Waals surface area contributed by atoms with E-state index in [2.05, 4.69) is 48.5 Å². The maximum atomic E-state index is 14.6. The molecule has 43 heavy (non-hydrogen) atoms. The van der Waals surface area contributed by atoms with Crippen LogP contribution >= 0.6 is 0 Å². The minimum Gasteiger partial charge on any atom is -0.481 e. The first-order valence-electron chi connectivity index (χ1n) is 16.7. The number of fused-ring (bicyclic) bond motifs is 7. The Hall–Kier alpha value is -2.43. The van der Waals surface area contributed by atoms with Gasteiger partial charge in [-0.25, -0.2) is 0 Å². The Morgan fingerprint density at radius 1 is 0.884 bits per heavy atom. The molecule has 4 fully saturated rings. The monoisotopic (exact) mass is 588 g/mol. The zero-order chi connectivity index (χ0) is 31.2. The van der Waals surface area contributed by atoms with Crippen LogP contribution in [0.1, 0.15) is 112 Å². The topological polar surface area (TPSA) is 80.7 Å². The number of hydrogen-bond donors (Lipinski definition) is 1. The van der Waals surface area contributed by atoms with Gasteiger partial charge in [-0.05, 0) is 115 Å². The highest BCUT2D eigenvalue weighted by molar-refractivity contribution is 5.95. The first kappa shape index (κ1) is 30.6. The molecule has 5 nitrogen and oxygen atoms in total. The van der Waals surface area contributed by atoms with Crippen LogP contribution in [0.5, 0.6) is 0 Å². The maximum Gasteiger partial charge on any atom is 0.312 e. The summed E-state index contributed by atoms with van der Waals surface area (Å²) in [7, 11) is 0. The van der Waals surface area contributed by atoms with Crippen molar-refractivity contribution in [1.82, 2.24) is 0 Å². The lowest BCUT2D eigenvalue weighted by Gasteiger charge is -2.70. The molecule has 5 aliphatic rings. The van der Waals surface area contributed by atoms with Crippen molar-refractivity contribution in [2.75, 3.05) is 0 Å². The van der Waals surface area contributed by atoms with Gasteiger partial charge in [-0.2, -0.15) is 0 Å². The molecule has 0 bridgehead atoms. The highest BCUT2D eigenvalue weighted by Gasteiger charge is 2.70. The molecule has 5 aliphatic carbocycles. The summed E-state index contributed by atoms with van der Waals surface area (Å²) in [6, 6.07) is 9.87. The highest BCUT2D eigenvalue weighted by Crippen LogP contribution is 2.75.